The summed E-state index contributed by atoms with van der Waals surface area (Å²) < 4.78 is 1.15. The first-order valence-electron chi connectivity index (χ1n) is 8.91. The number of nitrogens with zero attached hydrogens (tertiary/aromatic N) is 2. The minimum atomic E-state index is -0.313. The molecule has 3 aromatic carbocycles. The highest BCUT2D eigenvalue weighted by atomic mass is 32.1. The van der Waals surface area contributed by atoms with E-state index in [0.29, 0.717) is 6.54 Å². The quantitative estimate of drug-likeness (QED) is 0.489. The van der Waals surface area contributed by atoms with Gasteiger partial charge >= 0.3 is 0 Å². The zero-order valence-electron chi connectivity index (χ0n) is 15.1. The molecule has 1 aromatic heterocycles. The van der Waals surface area contributed by atoms with Crippen LogP contribution in [0.4, 0.5) is 0 Å². The van der Waals surface area contributed by atoms with Gasteiger partial charge in [-0.2, -0.15) is 0 Å². The Morgan fingerprint density at radius 2 is 1.44 bits per heavy atom. The Morgan fingerprint density at radius 1 is 0.889 bits per heavy atom. The van der Waals surface area contributed by atoms with Crippen LogP contribution in [0.25, 0.3) is 10.2 Å². The summed E-state index contributed by atoms with van der Waals surface area (Å²) in [6.07, 6.45) is 0. The maximum Gasteiger partial charge on any atom is 0.234 e. The van der Waals surface area contributed by atoms with Gasteiger partial charge < -0.3 is 4.90 Å². The summed E-state index contributed by atoms with van der Waals surface area (Å²) in [6, 6.07) is 28.0. The van der Waals surface area contributed by atoms with Crippen LogP contribution in [0.2, 0.25) is 0 Å². The maximum absolute atomic E-state index is 13.4. The fourth-order valence-electron chi connectivity index (χ4n) is 3.26. The van der Waals surface area contributed by atoms with E-state index >= 15 is 0 Å². The SMILES string of the molecule is CN(Cc1nc2ccccc2s1)C(=O)C(c1ccccc1)c1ccccc1. The van der Waals surface area contributed by atoms with Gasteiger partial charge in [0.15, 0.2) is 0 Å². The number of para-hydroxylation sites is 1. The largest absolute Gasteiger partial charge is 0.338 e. The summed E-state index contributed by atoms with van der Waals surface area (Å²) in [4.78, 5) is 19.8. The van der Waals surface area contributed by atoms with Gasteiger partial charge in [-0.3, -0.25) is 4.79 Å². The first-order valence-corrected chi connectivity index (χ1v) is 9.73. The molecule has 0 aliphatic carbocycles. The molecule has 4 aromatic rings. The molecule has 4 rings (SSSR count). The van der Waals surface area contributed by atoms with Crippen molar-refractivity contribution in [2.24, 2.45) is 0 Å². The zero-order chi connectivity index (χ0) is 18.6. The summed E-state index contributed by atoms with van der Waals surface area (Å²) in [6.45, 7) is 0.508. The van der Waals surface area contributed by atoms with Crippen LogP contribution < -0.4 is 0 Å². The number of carbonyl (C=O) groups excluding carboxylic acids is 1. The number of aromatic nitrogens is 1. The van der Waals surface area contributed by atoms with Gasteiger partial charge in [0, 0.05) is 7.05 Å². The summed E-state index contributed by atoms with van der Waals surface area (Å²) >= 11 is 1.64. The maximum atomic E-state index is 13.4. The van der Waals surface area contributed by atoms with Gasteiger partial charge in [0.1, 0.15) is 5.01 Å². The van der Waals surface area contributed by atoms with Gasteiger partial charge in [0.05, 0.1) is 22.7 Å². The van der Waals surface area contributed by atoms with Crippen LogP contribution in [0.5, 0.6) is 0 Å². The number of benzene rings is 3. The third kappa shape index (κ3) is 3.76. The Balaban J connectivity index is 1.62. The second-order valence-corrected chi connectivity index (χ2v) is 7.64. The van der Waals surface area contributed by atoms with Crippen molar-refractivity contribution in [1.29, 1.82) is 0 Å². The topological polar surface area (TPSA) is 33.2 Å². The van der Waals surface area contributed by atoms with Gasteiger partial charge in [-0.15, -0.1) is 11.3 Å². The molecule has 134 valence electrons. The number of carbonyl (C=O) groups is 1. The highest BCUT2D eigenvalue weighted by molar-refractivity contribution is 7.18. The molecule has 0 unspecified atom stereocenters. The first-order chi connectivity index (χ1) is 13.2. The van der Waals surface area contributed by atoms with E-state index in [2.05, 4.69) is 11.1 Å². The Labute approximate surface area is 162 Å². The lowest BCUT2D eigenvalue weighted by Gasteiger charge is -2.24. The Kier molecular flexibility index (Phi) is 4.99. The van der Waals surface area contributed by atoms with E-state index in [9.17, 15) is 4.79 Å². The number of hydrogen-bond acceptors (Lipinski definition) is 3. The fraction of sp³-hybridized carbons (Fsp3) is 0.130. The highest BCUT2D eigenvalue weighted by Crippen LogP contribution is 2.28. The second-order valence-electron chi connectivity index (χ2n) is 6.52. The zero-order valence-corrected chi connectivity index (χ0v) is 15.9. The molecule has 3 nitrogen and oxygen atoms in total. The average Bonchev–Trinajstić information content (AvgIpc) is 3.12. The molecule has 0 aliphatic heterocycles. The average molecular weight is 372 g/mol. The molecule has 0 aliphatic rings. The molecule has 0 radical (unpaired) electrons. The van der Waals surface area contributed by atoms with E-state index in [0.717, 1.165) is 26.4 Å². The van der Waals surface area contributed by atoms with Crippen LogP contribution in [0.1, 0.15) is 22.1 Å². The van der Waals surface area contributed by atoms with Crippen molar-refractivity contribution in [3.05, 3.63) is 101 Å². The van der Waals surface area contributed by atoms with E-state index in [1.165, 1.54) is 0 Å². The molecule has 0 saturated carbocycles. The van der Waals surface area contributed by atoms with Crippen molar-refractivity contribution in [3.63, 3.8) is 0 Å². The van der Waals surface area contributed by atoms with Crippen molar-refractivity contribution in [1.82, 2.24) is 9.88 Å². The number of rotatable bonds is 5. The van der Waals surface area contributed by atoms with E-state index < -0.39 is 0 Å². The van der Waals surface area contributed by atoms with Crippen LogP contribution in [0.3, 0.4) is 0 Å². The second kappa shape index (κ2) is 7.72. The molecule has 0 bridgehead atoms. The fourth-order valence-corrected chi connectivity index (χ4v) is 4.28. The Bertz CT molecular complexity index is 971. The van der Waals surface area contributed by atoms with E-state index in [-0.39, 0.29) is 11.8 Å². The Morgan fingerprint density at radius 3 is 2.04 bits per heavy atom. The summed E-state index contributed by atoms with van der Waals surface area (Å²) in [5, 5.41) is 0.951. The van der Waals surface area contributed by atoms with Crippen molar-refractivity contribution < 1.29 is 4.79 Å². The number of hydrogen-bond donors (Lipinski definition) is 0. The molecule has 0 N–H and O–H groups in total. The van der Waals surface area contributed by atoms with Crippen molar-refractivity contribution >= 4 is 27.5 Å². The number of amides is 1. The molecule has 0 atom stereocenters. The number of likely N-dealkylation sites (N-methyl/N-ethyl adjacent to an activating group) is 1. The van der Waals surface area contributed by atoms with Gasteiger partial charge in [0.2, 0.25) is 5.91 Å². The van der Waals surface area contributed by atoms with Crippen LogP contribution in [0, 0.1) is 0 Å². The van der Waals surface area contributed by atoms with Gasteiger partial charge in [-0.25, -0.2) is 4.98 Å². The van der Waals surface area contributed by atoms with Crippen LogP contribution in [-0.2, 0) is 11.3 Å². The molecule has 27 heavy (non-hydrogen) atoms. The summed E-state index contributed by atoms with van der Waals surface area (Å²) in [7, 11) is 1.85. The minimum Gasteiger partial charge on any atom is -0.338 e. The summed E-state index contributed by atoms with van der Waals surface area (Å²) in [5.41, 5.74) is 3.00. The molecule has 1 heterocycles. The monoisotopic (exact) mass is 372 g/mol. The van der Waals surface area contributed by atoms with Crippen LogP contribution >= 0.6 is 11.3 Å². The Hall–Kier alpha value is -2.98. The lowest BCUT2D eigenvalue weighted by molar-refractivity contribution is -0.131. The van der Waals surface area contributed by atoms with Gasteiger partial charge in [-0.05, 0) is 23.3 Å². The molecule has 0 spiro atoms. The molecular formula is C23H20N2OS. The van der Waals surface area contributed by atoms with E-state index in [1.54, 1.807) is 16.2 Å². The van der Waals surface area contributed by atoms with E-state index in [4.69, 9.17) is 0 Å². The normalized spacial score (nSPS) is 11.0. The molecule has 0 saturated heterocycles. The van der Waals surface area contributed by atoms with Crippen LogP contribution in [-0.4, -0.2) is 22.8 Å². The predicted molar refractivity (Wildman–Crippen MR) is 111 cm³/mol. The van der Waals surface area contributed by atoms with Crippen molar-refractivity contribution in [3.8, 4) is 0 Å². The third-order valence-electron chi connectivity index (χ3n) is 4.60. The lowest BCUT2D eigenvalue weighted by atomic mass is 9.90. The molecule has 1 amide bonds. The predicted octanol–water partition coefficient (Wildman–Crippen LogP) is 5.09. The molecular weight excluding hydrogens is 352 g/mol. The van der Waals surface area contributed by atoms with Gasteiger partial charge in [-0.1, -0.05) is 72.8 Å². The standard InChI is InChI=1S/C23H20N2OS/c1-25(16-21-24-19-14-8-9-15-20(19)27-21)23(26)22(17-10-4-2-5-11-17)18-12-6-3-7-13-18/h2-15,22H,16H2,1H3. The molecule has 4 heteroatoms. The third-order valence-corrected chi connectivity index (χ3v) is 5.62. The van der Waals surface area contributed by atoms with Crippen molar-refractivity contribution in [2.75, 3.05) is 7.05 Å². The van der Waals surface area contributed by atoms with E-state index in [1.807, 2.05) is 85.9 Å². The van der Waals surface area contributed by atoms with Gasteiger partial charge in [0.25, 0.3) is 0 Å². The smallest absolute Gasteiger partial charge is 0.234 e. The first kappa shape index (κ1) is 17.4. The summed E-state index contributed by atoms with van der Waals surface area (Å²) in [5.74, 6) is -0.238. The molecule has 0 fully saturated rings. The number of fused-ring (bicyclic) bond motifs is 1. The number of thiazole rings is 1. The lowest BCUT2D eigenvalue weighted by Crippen LogP contribution is -2.32. The highest BCUT2D eigenvalue weighted by Gasteiger charge is 2.26. The van der Waals surface area contributed by atoms with Crippen molar-refractivity contribution in [2.45, 2.75) is 12.5 Å². The van der Waals surface area contributed by atoms with Crippen LogP contribution in [0.15, 0.2) is 84.9 Å². The minimum absolute atomic E-state index is 0.0756.